The lowest BCUT2D eigenvalue weighted by Crippen LogP contribution is -2.22. The molecule has 0 spiro atoms. The number of para-hydroxylation sites is 1. The van der Waals surface area contributed by atoms with Crippen molar-refractivity contribution in [2.24, 2.45) is 0 Å². The average molecular weight is 346 g/mol. The maximum atomic E-state index is 5.88. The van der Waals surface area contributed by atoms with Crippen LogP contribution in [0.1, 0.15) is 35.2 Å². The Morgan fingerprint density at radius 1 is 1.29 bits per heavy atom. The fourth-order valence-corrected chi connectivity index (χ4v) is 3.17. The molecule has 0 amide bonds. The zero-order valence-corrected chi connectivity index (χ0v) is 14.0. The molecular formula is C18H20BrNO. The zero-order chi connectivity index (χ0) is 14.8. The van der Waals surface area contributed by atoms with E-state index in [1.165, 1.54) is 22.3 Å². The normalized spacial score (nSPS) is 14.6. The maximum absolute atomic E-state index is 5.88. The minimum atomic E-state index is 0.176. The van der Waals surface area contributed by atoms with Crippen molar-refractivity contribution in [1.82, 2.24) is 5.32 Å². The number of halogens is 1. The lowest BCUT2D eigenvalue weighted by molar-refractivity contribution is 0.350. The number of nitrogens with one attached hydrogen (secondary N) is 1. The molecule has 1 heterocycles. The first-order valence-electron chi connectivity index (χ1n) is 7.44. The molecule has 0 aromatic heterocycles. The number of hydrogen-bond acceptors (Lipinski definition) is 2. The van der Waals surface area contributed by atoms with Crippen LogP contribution in [0.15, 0.2) is 40.9 Å². The molecule has 2 aromatic carbocycles. The van der Waals surface area contributed by atoms with E-state index in [0.717, 1.165) is 29.8 Å². The first-order valence-corrected chi connectivity index (χ1v) is 8.24. The Hall–Kier alpha value is -1.32. The Balaban J connectivity index is 2.06. The van der Waals surface area contributed by atoms with Crippen molar-refractivity contribution in [3.05, 3.63) is 63.1 Å². The number of benzene rings is 2. The van der Waals surface area contributed by atoms with E-state index in [4.69, 9.17) is 4.74 Å². The van der Waals surface area contributed by atoms with Crippen molar-refractivity contribution in [2.75, 3.05) is 13.2 Å². The summed E-state index contributed by atoms with van der Waals surface area (Å²) in [5.41, 5.74) is 5.10. The van der Waals surface area contributed by atoms with Gasteiger partial charge in [-0.1, -0.05) is 53.2 Å². The topological polar surface area (TPSA) is 21.3 Å². The lowest BCUT2D eigenvalue weighted by Gasteiger charge is -2.22. The molecular weight excluding hydrogens is 326 g/mol. The summed E-state index contributed by atoms with van der Waals surface area (Å²) in [6.45, 7) is 5.99. The molecule has 1 aliphatic rings. The van der Waals surface area contributed by atoms with Crippen LogP contribution in [0.25, 0.3) is 0 Å². The van der Waals surface area contributed by atoms with Crippen LogP contribution >= 0.6 is 15.9 Å². The second-order valence-corrected chi connectivity index (χ2v) is 6.29. The van der Waals surface area contributed by atoms with E-state index >= 15 is 0 Å². The van der Waals surface area contributed by atoms with Crippen molar-refractivity contribution >= 4 is 15.9 Å². The van der Waals surface area contributed by atoms with Gasteiger partial charge >= 0.3 is 0 Å². The Kier molecular flexibility index (Phi) is 4.32. The molecule has 0 saturated heterocycles. The monoisotopic (exact) mass is 345 g/mol. The van der Waals surface area contributed by atoms with Crippen molar-refractivity contribution in [3.63, 3.8) is 0 Å². The molecule has 3 heteroatoms. The van der Waals surface area contributed by atoms with Gasteiger partial charge < -0.3 is 10.1 Å². The van der Waals surface area contributed by atoms with Gasteiger partial charge in [0.25, 0.3) is 0 Å². The van der Waals surface area contributed by atoms with Crippen LogP contribution in [0.4, 0.5) is 0 Å². The van der Waals surface area contributed by atoms with Gasteiger partial charge in [0, 0.05) is 16.5 Å². The van der Waals surface area contributed by atoms with Crippen LogP contribution < -0.4 is 10.1 Å². The van der Waals surface area contributed by atoms with Gasteiger partial charge in [0.2, 0.25) is 0 Å². The molecule has 1 N–H and O–H groups in total. The highest BCUT2D eigenvalue weighted by Crippen LogP contribution is 2.36. The largest absolute Gasteiger partial charge is 0.493 e. The van der Waals surface area contributed by atoms with Crippen LogP contribution in [0.2, 0.25) is 0 Å². The minimum Gasteiger partial charge on any atom is -0.493 e. The molecule has 21 heavy (non-hydrogen) atoms. The highest BCUT2D eigenvalue weighted by Gasteiger charge is 2.23. The number of aryl methyl sites for hydroxylation is 1. The smallest absolute Gasteiger partial charge is 0.127 e. The Morgan fingerprint density at radius 2 is 2.14 bits per heavy atom. The van der Waals surface area contributed by atoms with Crippen LogP contribution in [0.3, 0.4) is 0 Å². The van der Waals surface area contributed by atoms with Crippen LogP contribution in [0, 0.1) is 6.92 Å². The third-order valence-corrected chi connectivity index (χ3v) is 4.87. The van der Waals surface area contributed by atoms with E-state index in [1.807, 2.05) is 0 Å². The van der Waals surface area contributed by atoms with E-state index in [2.05, 4.69) is 71.5 Å². The van der Waals surface area contributed by atoms with Gasteiger partial charge in [-0.15, -0.1) is 0 Å². The van der Waals surface area contributed by atoms with Gasteiger partial charge in [-0.05, 0) is 36.2 Å². The molecule has 1 aliphatic heterocycles. The number of fused-ring (bicyclic) bond motifs is 1. The predicted octanol–water partition coefficient (Wildman–Crippen LogP) is 4.39. The molecule has 0 fully saturated rings. The summed E-state index contributed by atoms with van der Waals surface area (Å²) in [6.07, 6.45) is 1.02. The van der Waals surface area contributed by atoms with Crippen LogP contribution in [-0.4, -0.2) is 13.2 Å². The van der Waals surface area contributed by atoms with E-state index in [9.17, 15) is 0 Å². The molecule has 0 radical (unpaired) electrons. The standard InChI is InChI=1S/C18H20BrNO/c1-3-20-17(14-7-8-16(19)12(2)11-14)15-6-4-5-13-9-10-21-18(13)15/h4-8,11,17,20H,3,9-10H2,1-2H3. The molecule has 2 aromatic rings. The summed E-state index contributed by atoms with van der Waals surface area (Å²) in [5.74, 6) is 1.07. The summed E-state index contributed by atoms with van der Waals surface area (Å²) >= 11 is 3.58. The van der Waals surface area contributed by atoms with Crippen LogP contribution in [-0.2, 0) is 6.42 Å². The molecule has 0 aliphatic carbocycles. The number of ether oxygens (including phenoxy) is 1. The van der Waals surface area contributed by atoms with Crippen molar-refractivity contribution in [3.8, 4) is 5.75 Å². The first kappa shape index (κ1) is 14.6. The molecule has 1 atom stereocenters. The van der Waals surface area contributed by atoms with Gasteiger partial charge in [-0.3, -0.25) is 0 Å². The summed E-state index contributed by atoms with van der Waals surface area (Å²) < 4.78 is 7.03. The summed E-state index contributed by atoms with van der Waals surface area (Å²) in [6, 6.07) is 13.2. The highest BCUT2D eigenvalue weighted by molar-refractivity contribution is 9.10. The number of hydrogen-bond donors (Lipinski definition) is 1. The average Bonchev–Trinajstić information content (AvgIpc) is 2.96. The molecule has 3 rings (SSSR count). The van der Waals surface area contributed by atoms with Gasteiger partial charge in [0.15, 0.2) is 0 Å². The lowest BCUT2D eigenvalue weighted by atomic mass is 9.95. The molecule has 110 valence electrons. The van der Waals surface area contributed by atoms with E-state index in [0.29, 0.717) is 0 Å². The number of rotatable bonds is 4. The Labute approximate surface area is 134 Å². The predicted molar refractivity (Wildman–Crippen MR) is 90.0 cm³/mol. The second-order valence-electron chi connectivity index (χ2n) is 5.43. The zero-order valence-electron chi connectivity index (χ0n) is 12.4. The first-order chi connectivity index (χ1) is 10.2. The van der Waals surface area contributed by atoms with Gasteiger partial charge in [0.1, 0.15) is 5.75 Å². The fraction of sp³-hybridized carbons (Fsp3) is 0.333. The third kappa shape index (κ3) is 2.85. The SMILES string of the molecule is CCNC(c1ccc(Br)c(C)c1)c1cccc2c1OCC2. The van der Waals surface area contributed by atoms with Crippen molar-refractivity contribution in [2.45, 2.75) is 26.3 Å². The fourth-order valence-electron chi connectivity index (χ4n) is 2.93. The molecule has 0 saturated carbocycles. The van der Waals surface area contributed by atoms with Crippen LogP contribution in [0.5, 0.6) is 5.75 Å². The van der Waals surface area contributed by atoms with E-state index in [-0.39, 0.29) is 6.04 Å². The van der Waals surface area contributed by atoms with E-state index in [1.54, 1.807) is 0 Å². The van der Waals surface area contributed by atoms with Crippen molar-refractivity contribution < 1.29 is 4.74 Å². The van der Waals surface area contributed by atoms with Crippen molar-refractivity contribution in [1.29, 1.82) is 0 Å². The Morgan fingerprint density at radius 3 is 2.90 bits per heavy atom. The summed E-state index contributed by atoms with van der Waals surface area (Å²) in [7, 11) is 0. The highest BCUT2D eigenvalue weighted by atomic mass is 79.9. The molecule has 2 nitrogen and oxygen atoms in total. The Bertz CT molecular complexity index is 654. The van der Waals surface area contributed by atoms with Gasteiger partial charge in [0.05, 0.1) is 12.6 Å². The molecule has 0 bridgehead atoms. The van der Waals surface area contributed by atoms with Gasteiger partial charge in [-0.2, -0.15) is 0 Å². The summed E-state index contributed by atoms with van der Waals surface area (Å²) in [4.78, 5) is 0. The van der Waals surface area contributed by atoms with Gasteiger partial charge in [-0.25, -0.2) is 0 Å². The second kappa shape index (κ2) is 6.20. The quantitative estimate of drug-likeness (QED) is 0.887. The summed E-state index contributed by atoms with van der Waals surface area (Å²) in [5, 5.41) is 3.60. The third-order valence-electron chi connectivity index (χ3n) is 3.98. The minimum absolute atomic E-state index is 0.176. The van der Waals surface area contributed by atoms with E-state index < -0.39 is 0 Å². The molecule has 1 unspecified atom stereocenters. The maximum Gasteiger partial charge on any atom is 0.127 e.